The van der Waals surface area contributed by atoms with Gasteiger partial charge in [-0.3, -0.25) is 10.1 Å². The second-order valence-corrected chi connectivity index (χ2v) is 4.52. The van der Waals surface area contributed by atoms with Gasteiger partial charge in [-0.05, 0) is 17.8 Å². The number of halogens is 3. The Balaban J connectivity index is 2.67. The van der Waals surface area contributed by atoms with E-state index in [-0.39, 0.29) is 35.4 Å². The molecule has 19 heavy (non-hydrogen) atoms. The summed E-state index contributed by atoms with van der Waals surface area (Å²) in [6.45, 7) is -0.0435. The number of nitro benzene ring substituents is 1. The van der Waals surface area contributed by atoms with Crippen LogP contribution in [0.2, 0.25) is 0 Å². The molecule has 0 aliphatic rings. The van der Waals surface area contributed by atoms with Gasteiger partial charge in [0.2, 0.25) is 0 Å². The molecule has 0 saturated carbocycles. The number of hydrogen-bond donors (Lipinski definition) is 1. The fraction of sp³-hybridized carbons (Fsp3) is 0.400. The van der Waals surface area contributed by atoms with Gasteiger partial charge in [0.1, 0.15) is 11.4 Å². The van der Waals surface area contributed by atoms with E-state index in [0.717, 1.165) is 0 Å². The van der Waals surface area contributed by atoms with Gasteiger partial charge >= 0.3 is 5.51 Å². The van der Waals surface area contributed by atoms with Gasteiger partial charge in [-0.15, -0.1) is 0 Å². The van der Waals surface area contributed by atoms with Crippen molar-refractivity contribution in [3.63, 3.8) is 0 Å². The summed E-state index contributed by atoms with van der Waals surface area (Å²) in [5.41, 5.74) is -4.38. The van der Waals surface area contributed by atoms with E-state index in [9.17, 15) is 23.3 Å². The molecule has 106 valence electrons. The Kier molecular flexibility index (Phi) is 5.28. The third-order valence-electron chi connectivity index (χ3n) is 2.08. The maximum Gasteiger partial charge on any atom is 0.441 e. The molecule has 0 unspecified atom stereocenters. The largest absolute Gasteiger partial charge is 0.497 e. The SMILES string of the molecule is COc1ccc([N+](=O)[O-])c(NCCSC(F)(F)F)c1. The molecule has 0 spiro atoms. The summed E-state index contributed by atoms with van der Waals surface area (Å²) in [6, 6.07) is 4.02. The summed E-state index contributed by atoms with van der Waals surface area (Å²) in [5.74, 6) is 0.147. The Morgan fingerprint density at radius 2 is 2.16 bits per heavy atom. The van der Waals surface area contributed by atoms with Crippen molar-refractivity contribution in [2.75, 3.05) is 24.7 Å². The highest BCUT2D eigenvalue weighted by atomic mass is 32.2. The molecule has 0 saturated heterocycles. The number of nitrogens with one attached hydrogen (secondary N) is 1. The lowest BCUT2D eigenvalue weighted by Gasteiger charge is -2.09. The maximum absolute atomic E-state index is 11.9. The van der Waals surface area contributed by atoms with E-state index in [2.05, 4.69) is 5.32 Å². The monoisotopic (exact) mass is 296 g/mol. The molecule has 0 heterocycles. The predicted molar refractivity (Wildman–Crippen MR) is 66.7 cm³/mol. The first kappa shape index (κ1) is 15.4. The van der Waals surface area contributed by atoms with Crippen molar-refractivity contribution < 1.29 is 22.8 Å². The van der Waals surface area contributed by atoms with Crippen LogP contribution in [0.3, 0.4) is 0 Å². The fourth-order valence-electron chi connectivity index (χ4n) is 1.30. The average molecular weight is 296 g/mol. The second-order valence-electron chi connectivity index (χ2n) is 3.36. The average Bonchev–Trinajstić information content (AvgIpc) is 2.33. The lowest BCUT2D eigenvalue weighted by atomic mass is 10.2. The standard InChI is InChI=1S/C10H11F3N2O3S/c1-18-7-2-3-9(15(16)17)8(6-7)14-4-5-19-10(11,12)13/h2-3,6,14H,4-5H2,1H3. The van der Waals surface area contributed by atoms with Crippen LogP contribution in [0.15, 0.2) is 18.2 Å². The van der Waals surface area contributed by atoms with Crippen molar-refractivity contribution >= 4 is 23.1 Å². The molecule has 0 radical (unpaired) electrons. The first-order valence-corrected chi connectivity index (χ1v) is 6.09. The predicted octanol–water partition coefficient (Wildman–Crippen LogP) is 3.27. The number of nitrogens with zero attached hydrogens (tertiary/aromatic N) is 1. The van der Waals surface area contributed by atoms with Gasteiger partial charge < -0.3 is 10.1 Å². The van der Waals surface area contributed by atoms with Crippen molar-refractivity contribution in [2.45, 2.75) is 5.51 Å². The molecular formula is C10H11F3N2O3S. The number of alkyl halides is 3. The van der Waals surface area contributed by atoms with Crippen LogP contribution < -0.4 is 10.1 Å². The zero-order chi connectivity index (χ0) is 14.5. The van der Waals surface area contributed by atoms with Gasteiger partial charge in [0.25, 0.3) is 5.69 Å². The summed E-state index contributed by atoms with van der Waals surface area (Å²) >= 11 is -0.187. The highest BCUT2D eigenvalue weighted by Gasteiger charge is 2.27. The number of nitro groups is 1. The normalized spacial score (nSPS) is 11.2. The van der Waals surface area contributed by atoms with Crippen LogP contribution >= 0.6 is 11.8 Å². The van der Waals surface area contributed by atoms with Crippen LogP contribution in [0.4, 0.5) is 24.5 Å². The quantitative estimate of drug-likeness (QED) is 0.496. The van der Waals surface area contributed by atoms with Gasteiger partial charge in [0.05, 0.1) is 12.0 Å². The zero-order valence-electron chi connectivity index (χ0n) is 9.86. The van der Waals surface area contributed by atoms with E-state index in [0.29, 0.717) is 5.75 Å². The lowest BCUT2D eigenvalue weighted by Crippen LogP contribution is -2.10. The first-order chi connectivity index (χ1) is 8.83. The summed E-state index contributed by atoms with van der Waals surface area (Å²) in [6.07, 6.45) is 0. The Bertz CT molecular complexity index is 454. The molecule has 1 rings (SSSR count). The van der Waals surface area contributed by atoms with E-state index in [4.69, 9.17) is 4.74 Å². The van der Waals surface area contributed by atoms with Crippen LogP contribution in [0, 0.1) is 10.1 Å². The van der Waals surface area contributed by atoms with Gasteiger partial charge in [-0.25, -0.2) is 0 Å². The molecule has 1 aromatic carbocycles. The molecule has 0 aromatic heterocycles. The van der Waals surface area contributed by atoms with E-state index in [1.165, 1.54) is 25.3 Å². The molecule has 0 aliphatic heterocycles. The first-order valence-electron chi connectivity index (χ1n) is 5.10. The molecule has 0 atom stereocenters. The third-order valence-corrected chi connectivity index (χ3v) is 2.82. The Morgan fingerprint density at radius 3 is 2.68 bits per heavy atom. The van der Waals surface area contributed by atoms with E-state index in [1.54, 1.807) is 0 Å². The van der Waals surface area contributed by atoms with Crippen molar-refractivity contribution in [1.82, 2.24) is 0 Å². The van der Waals surface area contributed by atoms with Crippen LogP contribution in [-0.4, -0.2) is 29.8 Å². The van der Waals surface area contributed by atoms with Gasteiger partial charge in [-0.2, -0.15) is 13.2 Å². The van der Waals surface area contributed by atoms with E-state index in [1.807, 2.05) is 0 Å². The van der Waals surface area contributed by atoms with Gasteiger partial charge in [0, 0.05) is 24.4 Å². The summed E-state index contributed by atoms with van der Waals surface area (Å²) < 4.78 is 40.6. The molecular weight excluding hydrogens is 285 g/mol. The minimum atomic E-state index is -4.30. The molecule has 1 aromatic rings. The molecule has 0 fully saturated rings. The van der Waals surface area contributed by atoms with Crippen LogP contribution in [0.1, 0.15) is 0 Å². The van der Waals surface area contributed by atoms with E-state index < -0.39 is 10.4 Å². The summed E-state index contributed by atoms with van der Waals surface area (Å²) in [4.78, 5) is 10.1. The minimum Gasteiger partial charge on any atom is -0.497 e. The molecule has 0 bridgehead atoms. The number of hydrogen-bond acceptors (Lipinski definition) is 5. The number of anilines is 1. The van der Waals surface area contributed by atoms with Crippen LogP contribution in [0.5, 0.6) is 5.75 Å². The minimum absolute atomic E-state index is 0.0435. The Morgan fingerprint density at radius 1 is 1.47 bits per heavy atom. The van der Waals surface area contributed by atoms with Crippen LogP contribution in [0.25, 0.3) is 0 Å². The van der Waals surface area contributed by atoms with Crippen molar-refractivity contribution in [1.29, 1.82) is 0 Å². The van der Waals surface area contributed by atoms with Crippen LogP contribution in [-0.2, 0) is 0 Å². The molecule has 0 amide bonds. The van der Waals surface area contributed by atoms with Crippen molar-refractivity contribution in [3.8, 4) is 5.75 Å². The van der Waals surface area contributed by atoms with E-state index >= 15 is 0 Å². The molecule has 9 heteroatoms. The molecule has 0 aliphatic carbocycles. The number of methoxy groups -OCH3 is 1. The van der Waals surface area contributed by atoms with Gasteiger partial charge in [0.15, 0.2) is 0 Å². The Hall–Kier alpha value is -1.64. The molecule has 5 nitrogen and oxygen atoms in total. The highest BCUT2D eigenvalue weighted by molar-refractivity contribution is 8.00. The number of rotatable bonds is 6. The van der Waals surface area contributed by atoms with Crippen molar-refractivity contribution in [3.05, 3.63) is 28.3 Å². The third kappa shape index (κ3) is 5.25. The van der Waals surface area contributed by atoms with Crippen molar-refractivity contribution in [2.24, 2.45) is 0 Å². The number of thioether (sulfide) groups is 1. The number of benzene rings is 1. The van der Waals surface area contributed by atoms with Gasteiger partial charge in [-0.1, -0.05) is 0 Å². The molecule has 1 N–H and O–H groups in total. The zero-order valence-corrected chi connectivity index (χ0v) is 10.7. The lowest BCUT2D eigenvalue weighted by molar-refractivity contribution is -0.384. The highest BCUT2D eigenvalue weighted by Crippen LogP contribution is 2.31. The fourth-order valence-corrected chi connectivity index (χ4v) is 1.73. The summed E-state index contributed by atoms with van der Waals surface area (Å²) in [7, 11) is 1.39. The maximum atomic E-state index is 11.9. The summed E-state index contributed by atoms with van der Waals surface area (Å²) in [5, 5.41) is 13.4. The topological polar surface area (TPSA) is 64.4 Å². The second kappa shape index (κ2) is 6.50. The number of ether oxygens (including phenoxy) is 1. The Labute approximate surface area is 111 Å². The smallest absolute Gasteiger partial charge is 0.441 e.